The van der Waals surface area contributed by atoms with Crippen LogP contribution in [-0.2, 0) is 4.79 Å². The molecule has 0 aliphatic heterocycles. The number of benzene rings is 3. The number of methoxy groups -OCH3 is 1. The lowest BCUT2D eigenvalue weighted by molar-refractivity contribution is -0.121. The van der Waals surface area contributed by atoms with E-state index >= 15 is 0 Å². The van der Waals surface area contributed by atoms with Crippen molar-refractivity contribution in [1.29, 1.82) is 0 Å². The minimum absolute atomic E-state index is 0.115. The van der Waals surface area contributed by atoms with Crippen molar-refractivity contribution in [3.8, 4) is 11.5 Å². The Bertz CT molecular complexity index is 1170. The number of hydrogen-bond acceptors (Lipinski definition) is 5. The number of esters is 1. The third-order valence-electron chi connectivity index (χ3n) is 6.35. The fraction of sp³-hybridized carbons (Fsp3) is 0.387. The van der Waals surface area contributed by atoms with Gasteiger partial charge in [-0.2, -0.15) is 5.10 Å². The van der Waals surface area contributed by atoms with Gasteiger partial charge in [0.05, 0.1) is 18.9 Å². The molecule has 0 saturated heterocycles. The highest BCUT2D eigenvalue weighted by molar-refractivity contribution is 6.04. The van der Waals surface area contributed by atoms with Gasteiger partial charge >= 0.3 is 5.97 Å². The van der Waals surface area contributed by atoms with Gasteiger partial charge in [-0.05, 0) is 47.5 Å². The second-order valence-corrected chi connectivity index (χ2v) is 9.19. The van der Waals surface area contributed by atoms with Gasteiger partial charge < -0.3 is 9.47 Å². The highest BCUT2D eigenvalue weighted by atomic mass is 16.5. The van der Waals surface area contributed by atoms with Gasteiger partial charge in [0.1, 0.15) is 11.5 Å². The lowest BCUT2D eigenvalue weighted by atomic mass is 10.0. The summed E-state index contributed by atoms with van der Waals surface area (Å²) in [5.74, 6) is 0.433. The van der Waals surface area contributed by atoms with Crippen molar-refractivity contribution in [2.24, 2.45) is 5.10 Å². The Labute approximate surface area is 220 Å². The van der Waals surface area contributed by atoms with Crippen LogP contribution in [0.3, 0.4) is 0 Å². The minimum atomic E-state index is -0.484. The molecular weight excluding hydrogens is 464 g/mol. The van der Waals surface area contributed by atoms with Crippen LogP contribution in [0.15, 0.2) is 65.8 Å². The van der Waals surface area contributed by atoms with Gasteiger partial charge in [-0.25, -0.2) is 10.2 Å². The van der Waals surface area contributed by atoms with E-state index in [1.807, 2.05) is 30.3 Å². The first-order valence-electron chi connectivity index (χ1n) is 13.3. The van der Waals surface area contributed by atoms with Crippen LogP contribution in [0.2, 0.25) is 0 Å². The van der Waals surface area contributed by atoms with Crippen molar-refractivity contribution in [1.82, 2.24) is 5.43 Å². The van der Waals surface area contributed by atoms with Crippen molar-refractivity contribution in [2.45, 2.75) is 71.1 Å². The van der Waals surface area contributed by atoms with E-state index in [4.69, 9.17) is 9.47 Å². The number of rotatable bonds is 15. The van der Waals surface area contributed by atoms with E-state index in [0.29, 0.717) is 29.0 Å². The van der Waals surface area contributed by atoms with Crippen LogP contribution in [0, 0.1) is 0 Å². The third kappa shape index (κ3) is 9.05. The van der Waals surface area contributed by atoms with Crippen molar-refractivity contribution < 1.29 is 19.1 Å². The summed E-state index contributed by atoms with van der Waals surface area (Å²) in [5.41, 5.74) is 3.66. The van der Waals surface area contributed by atoms with Gasteiger partial charge in [0.2, 0.25) is 5.91 Å². The number of nitrogens with one attached hydrogen (secondary N) is 1. The van der Waals surface area contributed by atoms with Gasteiger partial charge in [-0.15, -0.1) is 0 Å². The van der Waals surface area contributed by atoms with Gasteiger partial charge in [-0.1, -0.05) is 88.6 Å². The second-order valence-electron chi connectivity index (χ2n) is 9.19. The van der Waals surface area contributed by atoms with Crippen LogP contribution in [-0.4, -0.2) is 25.2 Å². The Balaban J connectivity index is 1.56. The smallest absolute Gasteiger partial charge is 0.343 e. The Hall–Kier alpha value is -3.67. The number of ether oxygens (including phenoxy) is 2. The number of carbonyl (C=O) groups is 2. The van der Waals surface area contributed by atoms with E-state index in [9.17, 15) is 9.59 Å². The van der Waals surface area contributed by atoms with E-state index in [2.05, 4.69) is 17.5 Å². The first kappa shape index (κ1) is 27.9. The molecule has 0 unspecified atom stereocenters. The van der Waals surface area contributed by atoms with E-state index in [0.717, 1.165) is 23.6 Å². The summed E-state index contributed by atoms with van der Waals surface area (Å²) in [6.45, 7) is 2.23. The molecule has 37 heavy (non-hydrogen) atoms. The molecule has 0 heterocycles. The molecular formula is C31H38N2O4. The molecule has 0 atom stereocenters. The molecule has 0 radical (unpaired) electrons. The lowest BCUT2D eigenvalue weighted by Crippen LogP contribution is -2.17. The predicted octanol–water partition coefficient (Wildman–Crippen LogP) is 7.44. The zero-order valence-corrected chi connectivity index (χ0v) is 22.0. The van der Waals surface area contributed by atoms with Crippen molar-refractivity contribution in [3.05, 3.63) is 71.8 Å². The SMILES string of the molecule is CCCCCCCCCCCC(=O)N/N=C\c1c(OC(=O)c2ccc(OC)cc2)ccc2ccccc12. The zero-order valence-electron chi connectivity index (χ0n) is 22.0. The van der Waals surface area contributed by atoms with Crippen LogP contribution in [0.4, 0.5) is 0 Å². The summed E-state index contributed by atoms with van der Waals surface area (Å²) >= 11 is 0. The molecule has 3 rings (SSSR count). The average Bonchev–Trinajstić information content (AvgIpc) is 2.93. The van der Waals surface area contributed by atoms with E-state index in [-0.39, 0.29) is 5.91 Å². The number of carbonyl (C=O) groups excluding carboxylic acids is 2. The molecule has 0 aliphatic carbocycles. The summed E-state index contributed by atoms with van der Waals surface area (Å²) in [4.78, 5) is 25.0. The molecule has 0 aliphatic rings. The normalized spacial score (nSPS) is 11.1. The van der Waals surface area contributed by atoms with Crippen molar-refractivity contribution >= 4 is 28.9 Å². The largest absolute Gasteiger partial charge is 0.497 e. The molecule has 3 aromatic carbocycles. The van der Waals surface area contributed by atoms with Crippen LogP contribution < -0.4 is 14.9 Å². The monoisotopic (exact) mass is 502 g/mol. The maximum Gasteiger partial charge on any atom is 0.343 e. The highest BCUT2D eigenvalue weighted by Crippen LogP contribution is 2.27. The Morgan fingerprint density at radius 3 is 2.22 bits per heavy atom. The molecule has 0 spiro atoms. The number of nitrogens with zero attached hydrogens (tertiary/aromatic N) is 1. The van der Waals surface area contributed by atoms with E-state index in [1.165, 1.54) is 44.9 Å². The van der Waals surface area contributed by atoms with Crippen LogP contribution in [0.1, 0.15) is 87.1 Å². The summed E-state index contributed by atoms with van der Waals surface area (Å²) in [7, 11) is 1.57. The van der Waals surface area contributed by atoms with Gasteiger partial charge in [0.25, 0.3) is 0 Å². The number of unbranched alkanes of at least 4 members (excludes halogenated alkanes) is 8. The molecule has 196 valence electrons. The lowest BCUT2D eigenvalue weighted by Gasteiger charge is -2.11. The standard InChI is InChI=1S/C31H38N2O4/c1-3-4-5-6-7-8-9-10-11-16-30(34)33-32-23-28-27-15-13-12-14-24(27)19-22-29(28)37-31(35)25-17-20-26(36-2)21-18-25/h12-15,17-23H,3-11,16H2,1-2H3,(H,33,34)/b32-23-. The topological polar surface area (TPSA) is 77.0 Å². The quantitative estimate of drug-likeness (QED) is 0.0770. The van der Waals surface area contributed by atoms with E-state index in [1.54, 1.807) is 43.7 Å². The molecule has 0 bridgehead atoms. The van der Waals surface area contributed by atoms with Crippen LogP contribution in [0.25, 0.3) is 10.8 Å². The maximum absolute atomic E-state index is 12.8. The maximum atomic E-state index is 12.8. The Morgan fingerprint density at radius 2 is 1.51 bits per heavy atom. The number of hydrazone groups is 1. The van der Waals surface area contributed by atoms with Gasteiger partial charge in [0.15, 0.2) is 0 Å². The Kier molecular flexibility index (Phi) is 11.6. The predicted molar refractivity (Wildman–Crippen MR) is 149 cm³/mol. The van der Waals surface area contributed by atoms with Gasteiger partial charge in [0, 0.05) is 12.0 Å². The molecule has 0 saturated carbocycles. The molecule has 0 fully saturated rings. The first-order chi connectivity index (χ1) is 18.1. The third-order valence-corrected chi connectivity index (χ3v) is 6.35. The number of hydrogen-bond donors (Lipinski definition) is 1. The summed E-state index contributed by atoms with van der Waals surface area (Å²) in [6.07, 6.45) is 12.8. The van der Waals surface area contributed by atoms with Crippen molar-refractivity contribution in [2.75, 3.05) is 7.11 Å². The second kappa shape index (κ2) is 15.4. The highest BCUT2D eigenvalue weighted by Gasteiger charge is 2.14. The summed E-state index contributed by atoms with van der Waals surface area (Å²) in [6, 6.07) is 18.1. The zero-order chi connectivity index (χ0) is 26.3. The first-order valence-corrected chi connectivity index (χ1v) is 13.3. The van der Waals surface area contributed by atoms with E-state index < -0.39 is 5.97 Å². The van der Waals surface area contributed by atoms with Crippen LogP contribution in [0.5, 0.6) is 11.5 Å². The molecule has 1 amide bonds. The van der Waals surface area contributed by atoms with Crippen LogP contribution >= 0.6 is 0 Å². The number of fused-ring (bicyclic) bond motifs is 1. The molecule has 6 heteroatoms. The summed E-state index contributed by atoms with van der Waals surface area (Å²) in [5, 5.41) is 6.03. The number of amides is 1. The summed E-state index contributed by atoms with van der Waals surface area (Å²) < 4.78 is 10.9. The molecule has 1 N–H and O–H groups in total. The fourth-order valence-corrected chi connectivity index (χ4v) is 4.20. The Morgan fingerprint density at radius 1 is 0.838 bits per heavy atom. The van der Waals surface area contributed by atoms with Crippen molar-refractivity contribution in [3.63, 3.8) is 0 Å². The molecule has 3 aromatic rings. The minimum Gasteiger partial charge on any atom is -0.497 e. The molecule has 0 aromatic heterocycles. The average molecular weight is 503 g/mol. The fourth-order valence-electron chi connectivity index (χ4n) is 4.20. The van der Waals surface area contributed by atoms with Gasteiger partial charge in [-0.3, -0.25) is 4.79 Å². The molecule has 6 nitrogen and oxygen atoms in total.